The van der Waals surface area contributed by atoms with Crippen molar-refractivity contribution in [2.75, 3.05) is 14.1 Å². The Hall–Kier alpha value is -0.580. The maximum absolute atomic E-state index is 11.9. The summed E-state index contributed by atoms with van der Waals surface area (Å²) < 4.78 is 5.72. The topological polar surface area (TPSA) is 46.5 Å². The summed E-state index contributed by atoms with van der Waals surface area (Å²) in [5.41, 5.74) is 0. The van der Waals surface area contributed by atoms with Gasteiger partial charge < -0.3 is 22.3 Å². The van der Waals surface area contributed by atoms with Crippen LogP contribution < -0.4 is 12.4 Å². The predicted octanol–water partition coefficient (Wildman–Crippen LogP) is 3.33. The molecule has 0 bridgehead atoms. The van der Waals surface area contributed by atoms with Gasteiger partial charge in [-0.2, -0.15) is 0 Å². The second-order valence-electron chi connectivity index (χ2n) is 8.68. The van der Waals surface area contributed by atoms with E-state index in [4.69, 9.17) is 4.74 Å². The number of aliphatic hydroxyl groups excluding tert-OH is 1. The van der Waals surface area contributed by atoms with Gasteiger partial charge in [0, 0.05) is 20.3 Å². The van der Waals surface area contributed by atoms with Gasteiger partial charge in [-0.3, -0.25) is 9.28 Å². The third-order valence-electron chi connectivity index (χ3n) is 5.84. The minimum Gasteiger partial charge on any atom is -1.00 e. The summed E-state index contributed by atoms with van der Waals surface area (Å²) in [6.45, 7) is 5.82. The molecule has 0 aliphatic rings. The van der Waals surface area contributed by atoms with Crippen LogP contribution in [0.1, 0.15) is 111 Å². The molecule has 2 atom stereocenters. The standard InChI is InChI=1S/C24H48NO3.ClH/c1-6-7-8-9-10-11-12-13-14-15-16-17-18-19-20-21-24(27)28-23(3)25(4,5)22(2)26;/h13-14,22-23,26H,6-12,15-21H2,1-5H3;1H/q+1;/p-1/b14-13-;. The van der Waals surface area contributed by atoms with E-state index in [-0.39, 0.29) is 29.1 Å². The highest BCUT2D eigenvalue weighted by Crippen LogP contribution is 2.14. The highest BCUT2D eigenvalue weighted by molar-refractivity contribution is 5.69. The molecule has 174 valence electrons. The van der Waals surface area contributed by atoms with Crippen molar-refractivity contribution in [3.63, 3.8) is 0 Å². The molecular formula is C24H48ClNO3. The summed E-state index contributed by atoms with van der Waals surface area (Å²) in [7, 11) is 3.73. The second-order valence-corrected chi connectivity index (χ2v) is 8.68. The molecule has 0 heterocycles. The molecule has 0 spiro atoms. The molecule has 0 rings (SSSR count). The smallest absolute Gasteiger partial charge is 0.310 e. The number of allylic oxidation sites excluding steroid dienone is 2. The molecule has 0 fully saturated rings. The Kier molecular flexibility index (Phi) is 20.5. The minimum absolute atomic E-state index is 0. The van der Waals surface area contributed by atoms with Crippen LogP contribution in [0, 0.1) is 0 Å². The highest BCUT2D eigenvalue weighted by Gasteiger charge is 2.31. The van der Waals surface area contributed by atoms with Crippen LogP contribution in [0.15, 0.2) is 12.2 Å². The minimum atomic E-state index is -0.567. The SMILES string of the molecule is CCCCCCCC/C=C\CCCCCCCC(=O)OC(C)[N+](C)(C)C(C)O.[Cl-]. The van der Waals surface area contributed by atoms with Gasteiger partial charge in [-0.05, 0) is 32.1 Å². The summed E-state index contributed by atoms with van der Waals surface area (Å²) in [4.78, 5) is 11.9. The summed E-state index contributed by atoms with van der Waals surface area (Å²) in [6.07, 6.45) is 20.5. The predicted molar refractivity (Wildman–Crippen MR) is 119 cm³/mol. The quantitative estimate of drug-likeness (QED) is 0.118. The first-order valence-electron chi connectivity index (χ1n) is 11.7. The number of nitrogens with zero attached hydrogens (tertiary/aromatic N) is 1. The first kappa shape index (κ1) is 30.6. The van der Waals surface area contributed by atoms with E-state index in [0.717, 1.165) is 12.8 Å². The molecular weight excluding hydrogens is 386 g/mol. The van der Waals surface area contributed by atoms with Crippen LogP contribution >= 0.6 is 0 Å². The van der Waals surface area contributed by atoms with Crippen molar-refractivity contribution in [1.29, 1.82) is 0 Å². The number of rotatable bonds is 18. The lowest BCUT2D eigenvalue weighted by Gasteiger charge is -2.37. The molecule has 0 aliphatic heterocycles. The van der Waals surface area contributed by atoms with Crippen LogP contribution in [0.2, 0.25) is 0 Å². The van der Waals surface area contributed by atoms with Crippen molar-refractivity contribution in [2.45, 2.75) is 123 Å². The highest BCUT2D eigenvalue weighted by atomic mass is 35.5. The largest absolute Gasteiger partial charge is 1.00 e. The Bertz CT molecular complexity index is 411. The molecule has 0 aromatic heterocycles. The monoisotopic (exact) mass is 433 g/mol. The van der Waals surface area contributed by atoms with Gasteiger partial charge in [0.25, 0.3) is 0 Å². The molecule has 2 unspecified atom stereocenters. The maximum Gasteiger partial charge on any atom is 0.310 e. The van der Waals surface area contributed by atoms with Crippen molar-refractivity contribution >= 4 is 5.97 Å². The fourth-order valence-electron chi connectivity index (χ4n) is 3.03. The lowest BCUT2D eigenvalue weighted by Crippen LogP contribution is -3.00. The third kappa shape index (κ3) is 16.9. The Morgan fingerprint density at radius 2 is 1.31 bits per heavy atom. The Labute approximate surface area is 187 Å². The van der Waals surface area contributed by atoms with Crippen LogP contribution in [0.4, 0.5) is 0 Å². The summed E-state index contributed by atoms with van der Waals surface area (Å²) >= 11 is 0. The normalized spacial score (nSPS) is 13.9. The molecule has 1 N–H and O–H groups in total. The number of carbonyl (C=O) groups is 1. The van der Waals surface area contributed by atoms with E-state index < -0.39 is 6.23 Å². The first-order valence-corrected chi connectivity index (χ1v) is 11.7. The van der Waals surface area contributed by atoms with Gasteiger partial charge in [0.2, 0.25) is 6.23 Å². The van der Waals surface area contributed by atoms with Crippen molar-refractivity contribution in [3.8, 4) is 0 Å². The van der Waals surface area contributed by atoms with Gasteiger partial charge in [0.05, 0.1) is 14.1 Å². The van der Waals surface area contributed by atoms with Gasteiger partial charge in [0.1, 0.15) is 0 Å². The van der Waals surface area contributed by atoms with E-state index in [1.54, 1.807) is 6.92 Å². The van der Waals surface area contributed by atoms with Crippen LogP contribution in [0.5, 0.6) is 0 Å². The number of quaternary nitrogens is 1. The lowest BCUT2D eigenvalue weighted by molar-refractivity contribution is -0.972. The Balaban J connectivity index is 0. The van der Waals surface area contributed by atoms with Crippen molar-refractivity contribution in [2.24, 2.45) is 0 Å². The molecule has 29 heavy (non-hydrogen) atoms. The molecule has 0 saturated carbocycles. The number of halogens is 1. The molecule has 0 aromatic rings. The summed E-state index contributed by atoms with van der Waals surface area (Å²) in [5, 5.41) is 9.76. The van der Waals surface area contributed by atoms with Crippen LogP contribution in [-0.4, -0.2) is 42.1 Å². The van der Waals surface area contributed by atoms with Crippen molar-refractivity contribution in [1.82, 2.24) is 0 Å². The van der Waals surface area contributed by atoms with E-state index in [1.807, 2.05) is 21.0 Å². The number of hydrogen-bond donors (Lipinski definition) is 1. The molecule has 4 nitrogen and oxygen atoms in total. The van der Waals surface area contributed by atoms with E-state index in [1.165, 1.54) is 70.6 Å². The van der Waals surface area contributed by atoms with Crippen LogP contribution in [0.25, 0.3) is 0 Å². The lowest BCUT2D eigenvalue weighted by atomic mass is 10.1. The van der Waals surface area contributed by atoms with Gasteiger partial charge >= 0.3 is 5.97 Å². The summed E-state index contributed by atoms with van der Waals surface area (Å²) in [5.74, 6) is -0.156. The van der Waals surface area contributed by atoms with Crippen molar-refractivity contribution in [3.05, 3.63) is 12.2 Å². The Morgan fingerprint density at radius 1 is 0.862 bits per heavy atom. The van der Waals surface area contributed by atoms with Gasteiger partial charge in [-0.25, -0.2) is 0 Å². The van der Waals surface area contributed by atoms with Crippen LogP contribution in [0.3, 0.4) is 0 Å². The fraction of sp³-hybridized carbons (Fsp3) is 0.875. The number of carbonyl (C=O) groups excluding carboxylic acids is 1. The zero-order valence-electron chi connectivity index (χ0n) is 19.8. The third-order valence-corrected chi connectivity index (χ3v) is 5.84. The molecule has 0 aromatic carbocycles. The molecule has 0 saturated heterocycles. The van der Waals surface area contributed by atoms with E-state index >= 15 is 0 Å². The zero-order chi connectivity index (χ0) is 21.3. The molecule has 5 heteroatoms. The first-order chi connectivity index (χ1) is 13.3. The number of esters is 1. The van der Waals surface area contributed by atoms with E-state index in [0.29, 0.717) is 6.42 Å². The number of hydrogen-bond acceptors (Lipinski definition) is 3. The maximum atomic E-state index is 11.9. The summed E-state index contributed by atoms with van der Waals surface area (Å²) in [6, 6.07) is 0. The molecule has 0 aliphatic carbocycles. The van der Waals surface area contributed by atoms with Crippen molar-refractivity contribution < 1.29 is 31.5 Å². The van der Waals surface area contributed by atoms with Gasteiger partial charge in [-0.1, -0.05) is 70.4 Å². The average Bonchev–Trinajstić information content (AvgIpc) is 2.64. The van der Waals surface area contributed by atoms with Gasteiger partial charge in [-0.15, -0.1) is 0 Å². The van der Waals surface area contributed by atoms with Gasteiger partial charge in [0.15, 0.2) is 6.23 Å². The Morgan fingerprint density at radius 3 is 1.79 bits per heavy atom. The fourth-order valence-corrected chi connectivity index (χ4v) is 3.03. The van der Waals surface area contributed by atoms with E-state index in [2.05, 4.69) is 19.1 Å². The molecule has 0 amide bonds. The number of aliphatic hydroxyl groups is 1. The average molecular weight is 434 g/mol. The van der Waals surface area contributed by atoms with Crippen LogP contribution in [-0.2, 0) is 9.53 Å². The van der Waals surface area contributed by atoms with E-state index in [9.17, 15) is 9.90 Å². The molecule has 0 radical (unpaired) electrons. The zero-order valence-corrected chi connectivity index (χ0v) is 20.6. The second kappa shape index (κ2) is 19.4. The number of unbranched alkanes of at least 4 members (excludes halogenated alkanes) is 11. The number of ether oxygens (including phenoxy) is 1.